The first kappa shape index (κ1) is 12.6. The third-order valence-electron chi connectivity index (χ3n) is 3.87. The molecule has 0 saturated carbocycles. The predicted molar refractivity (Wildman–Crippen MR) is 77.2 cm³/mol. The third-order valence-corrected chi connectivity index (χ3v) is 3.87. The highest BCUT2D eigenvalue weighted by atomic mass is 15.2. The fraction of sp³-hybridized carbons (Fsp3) is 0.312. The zero-order chi connectivity index (χ0) is 13.9. The Morgan fingerprint density at radius 2 is 2.05 bits per heavy atom. The van der Waals surface area contributed by atoms with Gasteiger partial charge < -0.3 is 4.90 Å². The molecule has 2 aromatic rings. The summed E-state index contributed by atoms with van der Waals surface area (Å²) in [6.07, 6.45) is 5.35. The number of aromatic nitrogens is 2. The van der Waals surface area contributed by atoms with Crippen LogP contribution in [0.4, 0.5) is 5.82 Å². The predicted octanol–water partition coefficient (Wildman–Crippen LogP) is 2.69. The van der Waals surface area contributed by atoms with Crippen LogP contribution in [0.5, 0.6) is 0 Å². The molecule has 1 aromatic heterocycles. The molecule has 1 atom stereocenters. The quantitative estimate of drug-likeness (QED) is 0.836. The lowest BCUT2D eigenvalue weighted by atomic mass is 9.93. The van der Waals surface area contributed by atoms with Crippen LogP contribution in [0, 0.1) is 11.3 Å². The Balaban J connectivity index is 1.94. The highest BCUT2D eigenvalue weighted by molar-refractivity contribution is 5.45. The van der Waals surface area contributed by atoms with Gasteiger partial charge in [-0.15, -0.1) is 0 Å². The van der Waals surface area contributed by atoms with Crippen molar-refractivity contribution < 1.29 is 0 Å². The van der Waals surface area contributed by atoms with Crippen LogP contribution in [0.3, 0.4) is 0 Å². The monoisotopic (exact) mass is 264 g/mol. The third kappa shape index (κ3) is 2.23. The molecule has 0 fully saturated rings. The zero-order valence-electron chi connectivity index (χ0n) is 11.5. The van der Waals surface area contributed by atoms with E-state index in [-0.39, 0.29) is 0 Å². The average molecular weight is 264 g/mol. The van der Waals surface area contributed by atoms with Gasteiger partial charge in [-0.05, 0) is 24.0 Å². The molecule has 1 aliphatic rings. The second-order valence-corrected chi connectivity index (χ2v) is 5.03. The standard InChI is InChI=1S/C16H16N4/c1-2-15-7-12-5-3-4-6-13(12)11-20(15)16-10-18-14(8-17)9-19-16/h3-6,9-10,15H,2,7,11H2,1H3. The zero-order valence-corrected chi connectivity index (χ0v) is 11.5. The molecule has 1 aromatic carbocycles. The Morgan fingerprint density at radius 1 is 1.25 bits per heavy atom. The normalized spacial score (nSPS) is 17.4. The molecule has 100 valence electrons. The van der Waals surface area contributed by atoms with Crippen molar-refractivity contribution in [2.75, 3.05) is 4.90 Å². The Kier molecular flexibility index (Phi) is 3.34. The van der Waals surface area contributed by atoms with E-state index in [0.29, 0.717) is 11.7 Å². The van der Waals surface area contributed by atoms with Crippen LogP contribution in [0.25, 0.3) is 0 Å². The SMILES string of the molecule is CCC1Cc2ccccc2CN1c1cnc(C#N)cn1. The summed E-state index contributed by atoms with van der Waals surface area (Å²) in [7, 11) is 0. The van der Waals surface area contributed by atoms with E-state index in [1.807, 2.05) is 6.07 Å². The minimum Gasteiger partial charge on any atom is -0.348 e. The van der Waals surface area contributed by atoms with Gasteiger partial charge in [-0.2, -0.15) is 5.26 Å². The van der Waals surface area contributed by atoms with E-state index in [0.717, 1.165) is 25.2 Å². The first-order valence-electron chi connectivity index (χ1n) is 6.87. The maximum Gasteiger partial charge on any atom is 0.158 e. The molecule has 2 heterocycles. The molecule has 1 aliphatic heterocycles. The van der Waals surface area contributed by atoms with Crippen molar-refractivity contribution in [3.63, 3.8) is 0 Å². The van der Waals surface area contributed by atoms with E-state index in [1.165, 1.54) is 11.1 Å². The summed E-state index contributed by atoms with van der Waals surface area (Å²) in [5, 5.41) is 8.80. The van der Waals surface area contributed by atoms with Crippen LogP contribution in [-0.4, -0.2) is 16.0 Å². The molecular formula is C16H16N4. The second-order valence-electron chi connectivity index (χ2n) is 5.03. The Bertz CT molecular complexity index is 642. The summed E-state index contributed by atoms with van der Waals surface area (Å²) in [6, 6.07) is 11.0. The smallest absolute Gasteiger partial charge is 0.158 e. The summed E-state index contributed by atoms with van der Waals surface area (Å²) in [5.74, 6) is 0.852. The van der Waals surface area contributed by atoms with Crippen molar-refractivity contribution in [1.29, 1.82) is 5.26 Å². The molecular weight excluding hydrogens is 248 g/mol. The number of rotatable bonds is 2. The number of hydrogen-bond acceptors (Lipinski definition) is 4. The number of anilines is 1. The highest BCUT2D eigenvalue weighted by Gasteiger charge is 2.25. The molecule has 0 N–H and O–H groups in total. The first-order chi connectivity index (χ1) is 9.81. The number of hydrogen-bond donors (Lipinski definition) is 0. The van der Waals surface area contributed by atoms with E-state index in [1.54, 1.807) is 12.4 Å². The molecule has 1 unspecified atom stereocenters. The molecule has 0 radical (unpaired) electrons. The molecule has 4 heteroatoms. The second kappa shape index (κ2) is 5.30. The molecule has 3 rings (SSSR count). The van der Waals surface area contributed by atoms with Gasteiger partial charge in [0.15, 0.2) is 5.69 Å². The topological polar surface area (TPSA) is 52.8 Å². The Labute approximate surface area is 118 Å². The van der Waals surface area contributed by atoms with Crippen LogP contribution < -0.4 is 4.90 Å². The molecule has 0 bridgehead atoms. The van der Waals surface area contributed by atoms with Gasteiger partial charge in [0, 0.05) is 12.6 Å². The van der Waals surface area contributed by atoms with E-state index in [4.69, 9.17) is 5.26 Å². The van der Waals surface area contributed by atoms with E-state index in [9.17, 15) is 0 Å². The lowest BCUT2D eigenvalue weighted by Crippen LogP contribution is -2.40. The number of fused-ring (bicyclic) bond motifs is 1. The van der Waals surface area contributed by atoms with Crippen molar-refractivity contribution >= 4 is 5.82 Å². The first-order valence-corrected chi connectivity index (χ1v) is 6.87. The summed E-state index contributed by atoms with van der Waals surface area (Å²) in [5.41, 5.74) is 3.14. The van der Waals surface area contributed by atoms with Crippen molar-refractivity contribution in [3.05, 3.63) is 53.5 Å². The Hall–Kier alpha value is -2.41. The maximum absolute atomic E-state index is 8.80. The molecule has 0 spiro atoms. The summed E-state index contributed by atoms with van der Waals surface area (Å²) in [6.45, 7) is 3.05. The van der Waals surface area contributed by atoms with Crippen molar-refractivity contribution in [2.45, 2.75) is 32.4 Å². The van der Waals surface area contributed by atoms with Gasteiger partial charge in [0.25, 0.3) is 0 Å². The number of nitriles is 1. The van der Waals surface area contributed by atoms with Crippen LogP contribution >= 0.6 is 0 Å². The molecule has 20 heavy (non-hydrogen) atoms. The fourth-order valence-corrected chi connectivity index (χ4v) is 2.75. The van der Waals surface area contributed by atoms with Crippen LogP contribution in [-0.2, 0) is 13.0 Å². The van der Waals surface area contributed by atoms with Gasteiger partial charge in [-0.1, -0.05) is 31.2 Å². The van der Waals surface area contributed by atoms with E-state index in [2.05, 4.69) is 46.1 Å². The minimum absolute atomic E-state index is 0.360. The highest BCUT2D eigenvalue weighted by Crippen LogP contribution is 2.28. The maximum atomic E-state index is 8.80. The molecule has 0 amide bonds. The lowest BCUT2D eigenvalue weighted by molar-refractivity contribution is 0.533. The van der Waals surface area contributed by atoms with Crippen molar-refractivity contribution in [1.82, 2.24) is 9.97 Å². The molecule has 0 aliphatic carbocycles. The Morgan fingerprint density at radius 3 is 2.70 bits per heavy atom. The fourth-order valence-electron chi connectivity index (χ4n) is 2.75. The van der Waals surface area contributed by atoms with Gasteiger partial charge in [0.05, 0.1) is 12.4 Å². The minimum atomic E-state index is 0.360. The summed E-state index contributed by atoms with van der Waals surface area (Å²) in [4.78, 5) is 10.8. The van der Waals surface area contributed by atoms with Crippen molar-refractivity contribution in [3.8, 4) is 6.07 Å². The van der Waals surface area contributed by atoms with Crippen LogP contribution in [0.1, 0.15) is 30.2 Å². The van der Waals surface area contributed by atoms with Gasteiger partial charge in [0.1, 0.15) is 11.9 Å². The number of benzene rings is 1. The van der Waals surface area contributed by atoms with Gasteiger partial charge >= 0.3 is 0 Å². The van der Waals surface area contributed by atoms with E-state index < -0.39 is 0 Å². The van der Waals surface area contributed by atoms with Crippen LogP contribution in [0.15, 0.2) is 36.7 Å². The average Bonchev–Trinajstić information content (AvgIpc) is 2.53. The summed E-state index contributed by atoms with van der Waals surface area (Å²) >= 11 is 0. The van der Waals surface area contributed by atoms with Gasteiger partial charge in [-0.3, -0.25) is 0 Å². The number of nitrogens with zero attached hydrogens (tertiary/aromatic N) is 4. The largest absolute Gasteiger partial charge is 0.348 e. The summed E-state index contributed by atoms with van der Waals surface area (Å²) < 4.78 is 0. The lowest BCUT2D eigenvalue weighted by Gasteiger charge is -2.37. The van der Waals surface area contributed by atoms with Crippen molar-refractivity contribution in [2.24, 2.45) is 0 Å². The molecule has 0 saturated heterocycles. The van der Waals surface area contributed by atoms with Gasteiger partial charge in [0.2, 0.25) is 0 Å². The van der Waals surface area contributed by atoms with E-state index >= 15 is 0 Å². The van der Waals surface area contributed by atoms with Gasteiger partial charge in [-0.25, -0.2) is 9.97 Å². The van der Waals surface area contributed by atoms with Crippen LogP contribution in [0.2, 0.25) is 0 Å². The molecule has 4 nitrogen and oxygen atoms in total.